The van der Waals surface area contributed by atoms with Crippen molar-refractivity contribution >= 4 is 11.9 Å². The van der Waals surface area contributed by atoms with Crippen molar-refractivity contribution in [2.45, 2.75) is 63.2 Å². The molecule has 2 heterocycles. The van der Waals surface area contributed by atoms with E-state index in [1.54, 1.807) is 17.4 Å². The molecule has 0 bridgehead atoms. The van der Waals surface area contributed by atoms with E-state index in [0.717, 1.165) is 52.0 Å². The van der Waals surface area contributed by atoms with E-state index in [4.69, 9.17) is 11.2 Å². The molecule has 1 aromatic rings. The van der Waals surface area contributed by atoms with E-state index in [2.05, 4.69) is 35.1 Å². The van der Waals surface area contributed by atoms with E-state index < -0.39 is 0 Å². The van der Waals surface area contributed by atoms with Crippen molar-refractivity contribution in [2.75, 3.05) is 39.3 Å². The number of Topliss-reactive ketones (excluding diaryl/α,β-unsaturated/α-hetero) is 1. The van der Waals surface area contributed by atoms with Crippen molar-refractivity contribution in [3.63, 3.8) is 0 Å². The summed E-state index contributed by atoms with van der Waals surface area (Å²) in [6.07, 6.45) is 12.2. The van der Waals surface area contributed by atoms with Crippen molar-refractivity contribution in [1.82, 2.24) is 9.80 Å². The fourth-order valence-corrected chi connectivity index (χ4v) is 6.16. The minimum Gasteiger partial charge on any atom is -0.436 e. The molecule has 5 nitrogen and oxygen atoms in total. The van der Waals surface area contributed by atoms with Gasteiger partial charge in [-0.2, -0.15) is 0 Å². The Morgan fingerprint density at radius 1 is 1.16 bits per heavy atom. The molecular formula is C27H36N2O3. The molecule has 2 fully saturated rings. The highest BCUT2D eigenvalue weighted by molar-refractivity contribution is 5.75. The first-order valence-corrected chi connectivity index (χ1v) is 12.2. The quantitative estimate of drug-likeness (QED) is 0.622. The van der Waals surface area contributed by atoms with Gasteiger partial charge in [-0.3, -0.25) is 0 Å². The molecule has 0 aromatic heterocycles. The van der Waals surface area contributed by atoms with E-state index >= 15 is 0 Å². The average molecular weight is 437 g/mol. The molecule has 2 saturated heterocycles. The van der Waals surface area contributed by atoms with Gasteiger partial charge in [-0.15, -0.1) is 6.42 Å². The number of carbonyl (C=O) groups is 2. The van der Waals surface area contributed by atoms with Gasteiger partial charge in [0.1, 0.15) is 5.78 Å². The molecule has 1 aromatic carbocycles. The third-order valence-corrected chi connectivity index (χ3v) is 7.94. The summed E-state index contributed by atoms with van der Waals surface area (Å²) in [5.41, 5.74) is 3.33. The number of rotatable bonds is 6. The van der Waals surface area contributed by atoms with E-state index in [-0.39, 0.29) is 12.7 Å². The fraction of sp³-hybridized carbons (Fsp3) is 0.630. The van der Waals surface area contributed by atoms with Gasteiger partial charge >= 0.3 is 6.09 Å². The van der Waals surface area contributed by atoms with Crippen molar-refractivity contribution in [1.29, 1.82) is 0 Å². The lowest BCUT2D eigenvalue weighted by atomic mass is 9.73. The summed E-state index contributed by atoms with van der Waals surface area (Å²) in [6.45, 7) is 6.68. The minimum atomic E-state index is -0.277. The van der Waals surface area contributed by atoms with Gasteiger partial charge in [0.2, 0.25) is 0 Å². The zero-order valence-electron chi connectivity index (χ0n) is 19.4. The third kappa shape index (κ3) is 5.02. The number of piperidine rings is 2. The number of carbonyl (C=O) groups excluding carboxylic acids is 2. The number of nitrogens with zero attached hydrogens (tertiary/aromatic N) is 2. The van der Waals surface area contributed by atoms with Crippen LogP contribution < -0.4 is 0 Å². The SMILES string of the molecule is C#CCOC(=O)N1CCC(CN2CCC3(CC2)C[C@H](CCC(C)=O)c2ccccc23)CC1. The highest BCUT2D eigenvalue weighted by Gasteiger charge is 2.45. The number of amides is 1. The Bertz CT molecular complexity index is 858. The Balaban J connectivity index is 1.29. The maximum Gasteiger partial charge on any atom is 0.410 e. The molecule has 5 heteroatoms. The lowest BCUT2D eigenvalue weighted by molar-refractivity contribution is -0.117. The van der Waals surface area contributed by atoms with Gasteiger partial charge in [-0.05, 0) is 86.9 Å². The summed E-state index contributed by atoms with van der Waals surface area (Å²) in [6, 6.07) is 8.97. The number of fused-ring (bicyclic) bond motifs is 2. The molecule has 0 N–H and O–H groups in total. The molecule has 172 valence electrons. The smallest absolute Gasteiger partial charge is 0.410 e. The van der Waals surface area contributed by atoms with Crippen molar-refractivity contribution in [2.24, 2.45) is 5.92 Å². The van der Waals surface area contributed by atoms with E-state index in [9.17, 15) is 9.59 Å². The van der Waals surface area contributed by atoms with Crippen molar-refractivity contribution in [3.8, 4) is 12.3 Å². The number of terminal acetylenes is 1. The van der Waals surface area contributed by atoms with Crippen molar-refractivity contribution in [3.05, 3.63) is 35.4 Å². The lowest BCUT2D eigenvalue weighted by Crippen LogP contribution is -2.46. The molecule has 4 rings (SSSR count). The highest BCUT2D eigenvalue weighted by atomic mass is 16.6. The maximum atomic E-state index is 12.0. The van der Waals surface area contributed by atoms with Gasteiger partial charge in [0, 0.05) is 26.1 Å². The van der Waals surface area contributed by atoms with Crippen LogP contribution in [0.25, 0.3) is 0 Å². The number of hydrogen-bond donors (Lipinski definition) is 0. The average Bonchev–Trinajstić information content (AvgIpc) is 3.11. The van der Waals surface area contributed by atoms with Crippen LogP contribution >= 0.6 is 0 Å². The highest BCUT2D eigenvalue weighted by Crippen LogP contribution is 2.53. The van der Waals surface area contributed by atoms with E-state index in [0.29, 0.717) is 29.5 Å². The number of benzene rings is 1. The van der Waals surface area contributed by atoms with Gasteiger partial charge in [0.05, 0.1) is 0 Å². The minimum absolute atomic E-state index is 0.0486. The lowest BCUT2D eigenvalue weighted by Gasteiger charge is -2.42. The topological polar surface area (TPSA) is 49.9 Å². The zero-order valence-corrected chi connectivity index (χ0v) is 19.4. The molecule has 2 aliphatic heterocycles. The van der Waals surface area contributed by atoms with Crippen LogP contribution in [0.2, 0.25) is 0 Å². The summed E-state index contributed by atoms with van der Waals surface area (Å²) in [5, 5.41) is 0. The Morgan fingerprint density at radius 3 is 2.56 bits per heavy atom. The molecule has 3 aliphatic rings. The monoisotopic (exact) mass is 436 g/mol. The predicted molar refractivity (Wildman–Crippen MR) is 126 cm³/mol. The molecule has 0 radical (unpaired) electrons. The maximum absolute atomic E-state index is 12.0. The van der Waals surface area contributed by atoms with Gasteiger partial charge in [0.15, 0.2) is 6.61 Å². The second-order valence-electron chi connectivity index (χ2n) is 10.00. The fourth-order valence-electron chi connectivity index (χ4n) is 6.16. The number of likely N-dealkylation sites (tertiary alicyclic amines) is 2. The summed E-state index contributed by atoms with van der Waals surface area (Å²) < 4.78 is 5.06. The van der Waals surface area contributed by atoms with Crippen LogP contribution in [-0.2, 0) is 14.9 Å². The van der Waals surface area contributed by atoms with Gasteiger partial charge in [-0.25, -0.2) is 4.79 Å². The van der Waals surface area contributed by atoms with Gasteiger partial charge < -0.3 is 19.3 Å². The Kier molecular flexibility index (Phi) is 7.20. The van der Waals surface area contributed by atoms with Crippen LogP contribution in [0.1, 0.15) is 68.9 Å². The van der Waals surface area contributed by atoms with Crippen LogP contribution in [0.4, 0.5) is 4.79 Å². The Labute approximate surface area is 192 Å². The van der Waals surface area contributed by atoms with Crippen LogP contribution in [0.5, 0.6) is 0 Å². The number of ether oxygens (including phenoxy) is 1. The number of ketones is 1. The summed E-state index contributed by atoms with van der Waals surface area (Å²) in [4.78, 5) is 28.0. The van der Waals surface area contributed by atoms with Crippen LogP contribution in [0.15, 0.2) is 24.3 Å². The summed E-state index contributed by atoms with van der Waals surface area (Å²) in [5.74, 6) is 3.82. The van der Waals surface area contributed by atoms with Crippen LogP contribution in [0.3, 0.4) is 0 Å². The molecule has 32 heavy (non-hydrogen) atoms. The van der Waals surface area contributed by atoms with E-state index in [1.807, 2.05) is 0 Å². The Hall–Kier alpha value is -2.32. The molecule has 1 atom stereocenters. The first-order chi connectivity index (χ1) is 15.5. The van der Waals surface area contributed by atoms with Crippen LogP contribution in [-0.4, -0.2) is 61.0 Å². The van der Waals surface area contributed by atoms with Crippen molar-refractivity contribution < 1.29 is 14.3 Å². The molecule has 0 unspecified atom stereocenters. The predicted octanol–water partition coefficient (Wildman–Crippen LogP) is 4.36. The molecule has 1 amide bonds. The summed E-state index contributed by atoms with van der Waals surface area (Å²) in [7, 11) is 0. The number of hydrogen-bond acceptors (Lipinski definition) is 4. The van der Waals surface area contributed by atoms with Crippen LogP contribution in [0, 0.1) is 18.3 Å². The van der Waals surface area contributed by atoms with E-state index in [1.165, 1.54) is 24.8 Å². The standard InChI is InChI=1S/C27H36N2O3/c1-3-18-32-26(31)29-14-10-22(11-15-29)20-28-16-12-27(13-17-28)19-23(9-8-21(2)30)24-6-4-5-7-25(24)27/h1,4-7,22-23H,8-20H2,2H3/t23-/m0/s1. The first kappa shape index (κ1) is 22.9. The normalized spacial score (nSPS) is 23.0. The molecule has 0 saturated carbocycles. The summed E-state index contributed by atoms with van der Waals surface area (Å²) >= 11 is 0. The van der Waals surface area contributed by atoms with Gasteiger partial charge in [0.25, 0.3) is 0 Å². The third-order valence-electron chi connectivity index (χ3n) is 7.94. The van der Waals surface area contributed by atoms with Gasteiger partial charge in [-0.1, -0.05) is 30.2 Å². The zero-order chi connectivity index (χ0) is 22.6. The Morgan fingerprint density at radius 2 is 1.88 bits per heavy atom. The largest absolute Gasteiger partial charge is 0.436 e. The second-order valence-corrected chi connectivity index (χ2v) is 10.00. The molecule has 1 spiro atoms. The molecular weight excluding hydrogens is 400 g/mol. The first-order valence-electron chi connectivity index (χ1n) is 12.2. The molecule has 1 aliphatic carbocycles. The second kappa shape index (κ2) is 10.1.